The molecule has 0 saturated heterocycles. The van der Waals surface area contributed by atoms with Gasteiger partial charge in [0.25, 0.3) is 5.91 Å². The van der Waals surface area contributed by atoms with Crippen molar-refractivity contribution < 1.29 is 14.3 Å². The predicted molar refractivity (Wildman–Crippen MR) is 79.4 cm³/mol. The summed E-state index contributed by atoms with van der Waals surface area (Å²) in [5.74, 6) is 1.16. The van der Waals surface area contributed by atoms with Crippen LogP contribution in [-0.4, -0.2) is 32.2 Å². The van der Waals surface area contributed by atoms with Crippen LogP contribution in [0.15, 0.2) is 18.2 Å². The van der Waals surface area contributed by atoms with Gasteiger partial charge in [0.2, 0.25) is 0 Å². The van der Waals surface area contributed by atoms with Crippen molar-refractivity contribution >= 4 is 5.91 Å². The number of hydrogen-bond acceptors (Lipinski definition) is 4. The van der Waals surface area contributed by atoms with Gasteiger partial charge in [-0.25, -0.2) is 0 Å². The van der Waals surface area contributed by atoms with Crippen LogP contribution in [0, 0.1) is 0 Å². The zero-order chi connectivity index (χ0) is 14.8. The molecule has 0 heterocycles. The number of ether oxygens (including phenoxy) is 2. The maximum Gasteiger partial charge on any atom is 0.251 e. The topological polar surface area (TPSA) is 73.6 Å². The molecule has 3 N–H and O–H groups in total. The van der Waals surface area contributed by atoms with E-state index >= 15 is 0 Å². The van der Waals surface area contributed by atoms with E-state index in [1.165, 1.54) is 0 Å². The van der Waals surface area contributed by atoms with E-state index < -0.39 is 0 Å². The Bertz CT molecular complexity index is 422. The number of hydrogen-bond donors (Lipinski definition) is 2. The molecule has 0 atom stereocenters. The van der Waals surface area contributed by atoms with E-state index in [-0.39, 0.29) is 5.91 Å². The molecule has 5 heteroatoms. The fourth-order valence-electron chi connectivity index (χ4n) is 1.77. The Morgan fingerprint density at radius 3 is 2.50 bits per heavy atom. The normalized spacial score (nSPS) is 10.2. The number of nitrogens with two attached hydrogens (primary N) is 1. The van der Waals surface area contributed by atoms with Gasteiger partial charge in [-0.05, 0) is 51.4 Å². The molecule has 112 valence electrons. The van der Waals surface area contributed by atoms with Crippen molar-refractivity contribution in [2.24, 2.45) is 5.73 Å². The van der Waals surface area contributed by atoms with E-state index in [1.807, 2.05) is 13.8 Å². The third-order valence-corrected chi connectivity index (χ3v) is 2.72. The predicted octanol–water partition coefficient (Wildman–Crippen LogP) is 1.95. The minimum absolute atomic E-state index is 0.106. The van der Waals surface area contributed by atoms with Crippen LogP contribution in [0.25, 0.3) is 0 Å². The van der Waals surface area contributed by atoms with Gasteiger partial charge in [-0.2, -0.15) is 0 Å². The third-order valence-electron chi connectivity index (χ3n) is 2.72. The highest BCUT2D eigenvalue weighted by Gasteiger charge is 2.10. The minimum atomic E-state index is -0.106. The Balaban J connectivity index is 2.69. The lowest BCUT2D eigenvalue weighted by molar-refractivity contribution is 0.0952. The summed E-state index contributed by atoms with van der Waals surface area (Å²) < 4.78 is 11.0. The molecule has 1 rings (SSSR count). The van der Waals surface area contributed by atoms with Gasteiger partial charge in [-0.15, -0.1) is 0 Å². The molecular weight excluding hydrogens is 256 g/mol. The highest BCUT2D eigenvalue weighted by Crippen LogP contribution is 2.28. The van der Waals surface area contributed by atoms with E-state index in [1.54, 1.807) is 18.2 Å². The molecule has 0 spiro atoms. The molecule has 5 nitrogen and oxygen atoms in total. The van der Waals surface area contributed by atoms with Crippen molar-refractivity contribution in [1.82, 2.24) is 5.32 Å². The molecular formula is C15H24N2O3. The molecule has 0 unspecified atom stereocenters. The Morgan fingerprint density at radius 1 is 1.15 bits per heavy atom. The van der Waals surface area contributed by atoms with Gasteiger partial charge in [-0.1, -0.05) is 0 Å². The van der Waals surface area contributed by atoms with Crippen LogP contribution in [0.4, 0.5) is 0 Å². The van der Waals surface area contributed by atoms with Crippen molar-refractivity contribution in [3.8, 4) is 11.5 Å². The van der Waals surface area contributed by atoms with Crippen LogP contribution >= 0.6 is 0 Å². The molecule has 0 saturated carbocycles. The van der Waals surface area contributed by atoms with Gasteiger partial charge in [0, 0.05) is 12.1 Å². The van der Waals surface area contributed by atoms with Crippen molar-refractivity contribution in [2.75, 3.05) is 26.3 Å². The van der Waals surface area contributed by atoms with Gasteiger partial charge >= 0.3 is 0 Å². The summed E-state index contributed by atoms with van der Waals surface area (Å²) in [6.07, 6.45) is 1.80. The molecule has 0 fully saturated rings. The lowest BCUT2D eigenvalue weighted by Crippen LogP contribution is -2.24. The second-order valence-electron chi connectivity index (χ2n) is 4.28. The number of carbonyl (C=O) groups excluding carboxylic acids is 1. The fraction of sp³-hybridized carbons (Fsp3) is 0.533. The van der Waals surface area contributed by atoms with Crippen LogP contribution in [0.5, 0.6) is 11.5 Å². The van der Waals surface area contributed by atoms with Crippen LogP contribution in [0.1, 0.15) is 37.0 Å². The zero-order valence-corrected chi connectivity index (χ0v) is 12.3. The maximum atomic E-state index is 12.0. The lowest BCUT2D eigenvalue weighted by atomic mass is 10.2. The Labute approximate surface area is 120 Å². The molecule has 0 aliphatic rings. The number of amides is 1. The largest absolute Gasteiger partial charge is 0.490 e. The fourth-order valence-corrected chi connectivity index (χ4v) is 1.77. The SMILES string of the molecule is CCOc1ccc(C(=O)NCCCCN)cc1OCC. The Morgan fingerprint density at radius 2 is 1.85 bits per heavy atom. The van der Waals surface area contributed by atoms with Gasteiger partial charge < -0.3 is 20.5 Å². The van der Waals surface area contributed by atoms with Gasteiger partial charge in [0.15, 0.2) is 11.5 Å². The van der Waals surface area contributed by atoms with Crippen LogP contribution in [0.2, 0.25) is 0 Å². The first-order valence-corrected chi connectivity index (χ1v) is 7.10. The summed E-state index contributed by atoms with van der Waals surface area (Å²) in [6, 6.07) is 5.22. The van der Waals surface area contributed by atoms with E-state index in [0.717, 1.165) is 12.8 Å². The van der Waals surface area contributed by atoms with E-state index in [0.29, 0.717) is 43.4 Å². The molecule has 0 aliphatic carbocycles. The number of carbonyl (C=O) groups is 1. The van der Waals surface area contributed by atoms with Gasteiger partial charge in [-0.3, -0.25) is 4.79 Å². The molecule has 0 aromatic heterocycles. The third kappa shape index (κ3) is 5.09. The first-order valence-electron chi connectivity index (χ1n) is 7.10. The minimum Gasteiger partial charge on any atom is -0.490 e. The summed E-state index contributed by atoms with van der Waals surface area (Å²) in [5.41, 5.74) is 5.99. The number of rotatable bonds is 9. The average Bonchev–Trinajstić information content (AvgIpc) is 2.45. The van der Waals surface area contributed by atoms with Crippen LogP contribution in [-0.2, 0) is 0 Å². The summed E-state index contributed by atoms with van der Waals surface area (Å²) in [4.78, 5) is 12.0. The Kier molecular flexibility index (Phi) is 7.50. The average molecular weight is 280 g/mol. The maximum absolute atomic E-state index is 12.0. The van der Waals surface area contributed by atoms with E-state index in [4.69, 9.17) is 15.2 Å². The van der Waals surface area contributed by atoms with Crippen molar-refractivity contribution in [2.45, 2.75) is 26.7 Å². The van der Waals surface area contributed by atoms with Gasteiger partial charge in [0.05, 0.1) is 13.2 Å². The molecule has 0 aliphatic heterocycles. The highest BCUT2D eigenvalue weighted by atomic mass is 16.5. The first kappa shape index (κ1) is 16.3. The summed E-state index contributed by atoms with van der Waals surface area (Å²) in [6.45, 7) is 6.18. The Hall–Kier alpha value is -1.75. The number of unbranched alkanes of at least 4 members (excludes halogenated alkanes) is 1. The van der Waals surface area contributed by atoms with E-state index in [2.05, 4.69) is 5.32 Å². The molecule has 20 heavy (non-hydrogen) atoms. The monoisotopic (exact) mass is 280 g/mol. The van der Waals surface area contributed by atoms with Crippen molar-refractivity contribution in [1.29, 1.82) is 0 Å². The quantitative estimate of drug-likeness (QED) is 0.678. The molecule has 1 amide bonds. The van der Waals surface area contributed by atoms with Gasteiger partial charge in [0.1, 0.15) is 0 Å². The summed E-state index contributed by atoms with van der Waals surface area (Å²) >= 11 is 0. The molecule has 1 aromatic rings. The van der Waals surface area contributed by atoms with Crippen molar-refractivity contribution in [3.05, 3.63) is 23.8 Å². The smallest absolute Gasteiger partial charge is 0.251 e. The van der Waals surface area contributed by atoms with Crippen LogP contribution < -0.4 is 20.5 Å². The second-order valence-corrected chi connectivity index (χ2v) is 4.28. The lowest BCUT2D eigenvalue weighted by Gasteiger charge is -2.12. The number of benzene rings is 1. The van der Waals surface area contributed by atoms with E-state index in [9.17, 15) is 4.79 Å². The summed E-state index contributed by atoms with van der Waals surface area (Å²) in [7, 11) is 0. The second kappa shape index (κ2) is 9.20. The molecule has 0 bridgehead atoms. The highest BCUT2D eigenvalue weighted by molar-refractivity contribution is 5.94. The number of nitrogens with one attached hydrogen (secondary N) is 1. The molecule has 0 radical (unpaired) electrons. The molecule has 1 aromatic carbocycles. The van der Waals surface area contributed by atoms with Crippen molar-refractivity contribution in [3.63, 3.8) is 0 Å². The zero-order valence-electron chi connectivity index (χ0n) is 12.3. The van der Waals surface area contributed by atoms with Crippen LogP contribution in [0.3, 0.4) is 0 Å². The summed E-state index contributed by atoms with van der Waals surface area (Å²) in [5, 5.41) is 2.86. The standard InChI is InChI=1S/C15H24N2O3/c1-3-19-13-8-7-12(11-14(13)20-4-2)15(18)17-10-6-5-9-16/h7-8,11H,3-6,9-10,16H2,1-2H3,(H,17,18). The first-order chi connectivity index (χ1) is 9.72.